The van der Waals surface area contributed by atoms with Crippen molar-refractivity contribution >= 4 is 23.4 Å². The van der Waals surface area contributed by atoms with Gasteiger partial charge >= 0.3 is 0 Å². The number of anilines is 1. The second kappa shape index (κ2) is 8.88. The van der Waals surface area contributed by atoms with Crippen LogP contribution in [0.4, 0.5) is 10.1 Å². The molecule has 146 valence electrons. The first-order valence-corrected chi connectivity index (χ1v) is 9.71. The van der Waals surface area contributed by atoms with Crippen LogP contribution in [0.2, 0.25) is 0 Å². The zero-order chi connectivity index (χ0) is 20.1. The number of carbonyl (C=O) groups excluding carboxylic acids is 1. The van der Waals surface area contributed by atoms with Crippen molar-refractivity contribution in [3.05, 3.63) is 54.3 Å². The van der Waals surface area contributed by atoms with Gasteiger partial charge in [-0.1, -0.05) is 36.0 Å². The number of carbonyl (C=O) groups is 1. The van der Waals surface area contributed by atoms with Gasteiger partial charge in [-0.05, 0) is 38.1 Å². The molecule has 0 spiro atoms. The molecule has 0 aliphatic heterocycles. The van der Waals surface area contributed by atoms with Crippen molar-refractivity contribution in [2.45, 2.75) is 30.8 Å². The Bertz CT molecular complexity index is 976. The van der Waals surface area contributed by atoms with E-state index in [2.05, 4.69) is 15.5 Å². The highest BCUT2D eigenvalue weighted by Gasteiger charge is 2.22. The zero-order valence-corrected chi connectivity index (χ0v) is 16.7. The van der Waals surface area contributed by atoms with Crippen molar-refractivity contribution < 1.29 is 13.9 Å². The quantitative estimate of drug-likeness (QED) is 0.601. The SMILES string of the molecule is CCn1c(S[C@@H](C)C(=O)Nc2ccccc2F)nnc1-c1ccccc1OC. The predicted octanol–water partition coefficient (Wildman–Crippen LogP) is 4.23. The number of nitrogens with zero attached hydrogens (tertiary/aromatic N) is 3. The molecule has 1 heterocycles. The molecular formula is C20H21FN4O2S. The molecule has 28 heavy (non-hydrogen) atoms. The van der Waals surface area contributed by atoms with E-state index in [-0.39, 0.29) is 11.6 Å². The summed E-state index contributed by atoms with van der Waals surface area (Å²) < 4.78 is 21.1. The fourth-order valence-corrected chi connectivity index (χ4v) is 3.61. The molecule has 0 radical (unpaired) electrons. The molecule has 0 saturated carbocycles. The topological polar surface area (TPSA) is 69.0 Å². The smallest absolute Gasteiger partial charge is 0.237 e. The van der Waals surface area contributed by atoms with E-state index in [1.54, 1.807) is 26.2 Å². The highest BCUT2D eigenvalue weighted by atomic mass is 32.2. The van der Waals surface area contributed by atoms with Gasteiger partial charge in [-0.3, -0.25) is 4.79 Å². The molecule has 0 fully saturated rings. The Morgan fingerprint density at radius 2 is 1.93 bits per heavy atom. The first-order chi connectivity index (χ1) is 13.5. The second-order valence-corrected chi connectivity index (χ2v) is 7.29. The molecule has 1 amide bonds. The summed E-state index contributed by atoms with van der Waals surface area (Å²) in [7, 11) is 1.61. The summed E-state index contributed by atoms with van der Waals surface area (Å²) >= 11 is 1.27. The van der Waals surface area contributed by atoms with E-state index in [0.29, 0.717) is 23.3 Å². The van der Waals surface area contributed by atoms with E-state index in [4.69, 9.17) is 4.74 Å². The standard InChI is InChI=1S/C20H21FN4O2S/c1-4-25-18(14-9-5-8-12-17(14)27-3)23-24-20(25)28-13(2)19(26)22-16-11-7-6-10-15(16)21/h5-13H,4H2,1-3H3,(H,22,26)/t13-/m0/s1. The average Bonchev–Trinajstić information content (AvgIpc) is 3.11. The van der Waals surface area contributed by atoms with Gasteiger partial charge in [0.1, 0.15) is 11.6 Å². The summed E-state index contributed by atoms with van der Waals surface area (Å²) in [5, 5.41) is 11.3. The van der Waals surface area contributed by atoms with Gasteiger partial charge < -0.3 is 14.6 Å². The molecule has 0 aliphatic rings. The van der Waals surface area contributed by atoms with E-state index in [1.807, 2.05) is 35.8 Å². The van der Waals surface area contributed by atoms with Crippen molar-refractivity contribution in [1.82, 2.24) is 14.8 Å². The average molecular weight is 400 g/mol. The molecule has 8 heteroatoms. The van der Waals surface area contributed by atoms with Crippen molar-refractivity contribution in [2.24, 2.45) is 0 Å². The number of benzene rings is 2. The maximum atomic E-state index is 13.8. The first-order valence-electron chi connectivity index (χ1n) is 8.83. The third-order valence-corrected chi connectivity index (χ3v) is 5.24. The molecule has 0 unspecified atom stereocenters. The number of amides is 1. The van der Waals surface area contributed by atoms with Gasteiger partial charge in [0.15, 0.2) is 11.0 Å². The van der Waals surface area contributed by atoms with Gasteiger partial charge in [-0.15, -0.1) is 10.2 Å². The van der Waals surface area contributed by atoms with Crippen LogP contribution < -0.4 is 10.1 Å². The minimum absolute atomic E-state index is 0.159. The fourth-order valence-electron chi connectivity index (χ4n) is 2.70. The maximum Gasteiger partial charge on any atom is 0.237 e. The molecule has 1 aromatic heterocycles. The van der Waals surface area contributed by atoms with Crippen molar-refractivity contribution in [3.63, 3.8) is 0 Å². The normalized spacial score (nSPS) is 11.9. The van der Waals surface area contributed by atoms with Crippen molar-refractivity contribution in [3.8, 4) is 17.1 Å². The summed E-state index contributed by atoms with van der Waals surface area (Å²) in [4.78, 5) is 12.5. The third-order valence-electron chi connectivity index (χ3n) is 4.16. The van der Waals surface area contributed by atoms with Gasteiger partial charge in [0, 0.05) is 6.54 Å². The van der Waals surface area contributed by atoms with Gasteiger partial charge in [0.2, 0.25) is 5.91 Å². The molecule has 2 aromatic carbocycles. The summed E-state index contributed by atoms with van der Waals surface area (Å²) in [5.74, 6) is 0.596. The van der Waals surface area contributed by atoms with Gasteiger partial charge in [-0.2, -0.15) is 0 Å². The number of nitrogens with one attached hydrogen (secondary N) is 1. The Morgan fingerprint density at radius 1 is 1.21 bits per heavy atom. The molecule has 0 saturated heterocycles. The van der Waals surface area contributed by atoms with E-state index >= 15 is 0 Å². The van der Waals surface area contributed by atoms with E-state index in [1.165, 1.54) is 23.9 Å². The minimum atomic E-state index is -0.486. The van der Waals surface area contributed by atoms with E-state index in [0.717, 1.165) is 5.56 Å². The Hall–Kier alpha value is -2.87. The monoisotopic (exact) mass is 400 g/mol. The molecule has 1 N–H and O–H groups in total. The van der Waals surface area contributed by atoms with Crippen LogP contribution in [0, 0.1) is 5.82 Å². The predicted molar refractivity (Wildman–Crippen MR) is 108 cm³/mol. The Kier molecular flexibility index (Phi) is 6.30. The van der Waals surface area contributed by atoms with Crippen molar-refractivity contribution in [2.75, 3.05) is 12.4 Å². The zero-order valence-electron chi connectivity index (χ0n) is 15.8. The third kappa shape index (κ3) is 4.17. The lowest BCUT2D eigenvalue weighted by Crippen LogP contribution is -2.23. The lowest BCUT2D eigenvalue weighted by atomic mass is 10.2. The first kappa shape index (κ1) is 19.9. The summed E-state index contributed by atoms with van der Waals surface area (Å²) in [6.07, 6.45) is 0. The number of aromatic nitrogens is 3. The molecular weight excluding hydrogens is 379 g/mol. The van der Waals surface area contributed by atoms with Crippen molar-refractivity contribution in [1.29, 1.82) is 0 Å². The number of para-hydroxylation sites is 2. The minimum Gasteiger partial charge on any atom is -0.496 e. The Labute approximate surface area is 167 Å². The summed E-state index contributed by atoms with van der Waals surface area (Å²) in [6.45, 7) is 4.36. The molecule has 1 atom stereocenters. The molecule has 3 aromatic rings. The number of hydrogen-bond acceptors (Lipinski definition) is 5. The van der Waals surface area contributed by atoms with Crippen LogP contribution in [0.3, 0.4) is 0 Å². The van der Waals surface area contributed by atoms with E-state index in [9.17, 15) is 9.18 Å². The summed E-state index contributed by atoms with van der Waals surface area (Å²) in [5.41, 5.74) is 0.987. The lowest BCUT2D eigenvalue weighted by Gasteiger charge is -2.13. The van der Waals surface area contributed by atoms with Gasteiger partial charge in [-0.25, -0.2) is 4.39 Å². The summed E-state index contributed by atoms with van der Waals surface area (Å²) in [6, 6.07) is 13.7. The number of hydrogen-bond donors (Lipinski definition) is 1. The fraction of sp³-hybridized carbons (Fsp3) is 0.250. The number of methoxy groups -OCH3 is 1. The van der Waals surface area contributed by atoms with Crippen LogP contribution >= 0.6 is 11.8 Å². The molecule has 0 aliphatic carbocycles. The van der Waals surface area contributed by atoms with Gasteiger partial charge in [0.25, 0.3) is 0 Å². The van der Waals surface area contributed by atoms with Crippen LogP contribution in [-0.2, 0) is 11.3 Å². The maximum absolute atomic E-state index is 13.8. The number of rotatable bonds is 7. The number of halogens is 1. The number of thioether (sulfide) groups is 1. The highest BCUT2D eigenvalue weighted by molar-refractivity contribution is 8.00. The largest absolute Gasteiger partial charge is 0.496 e. The second-order valence-electron chi connectivity index (χ2n) is 5.98. The van der Waals surface area contributed by atoms with Crippen LogP contribution in [0.5, 0.6) is 5.75 Å². The highest BCUT2D eigenvalue weighted by Crippen LogP contribution is 2.32. The molecule has 3 rings (SSSR count). The Balaban J connectivity index is 1.80. The van der Waals surface area contributed by atoms with E-state index < -0.39 is 11.1 Å². The van der Waals surface area contributed by atoms with Crippen LogP contribution in [0.15, 0.2) is 53.7 Å². The van der Waals surface area contributed by atoms with Gasteiger partial charge in [0.05, 0.1) is 23.6 Å². The lowest BCUT2D eigenvalue weighted by molar-refractivity contribution is -0.115. The molecule has 0 bridgehead atoms. The Morgan fingerprint density at radius 3 is 2.64 bits per heavy atom. The van der Waals surface area contributed by atoms with Crippen LogP contribution in [0.25, 0.3) is 11.4 Å². The number of ether oxygens (including phenoxy) is 1. The van der Waals surface area contributed by atoms with Crippen LogP contribution in [0.1, 0.15) is 13.8 Å². The van der Waals surface area contributed by atoms with Crippen LogP contribution in [-0.4, -0.2) is 33.0 Å². The molecule has 6 nitrogen and oxygen atoms in total.